The number of allylic oxidation sites excluding steroid dienone is 1. The Morgan fingerprint density at radius 1 is 1.42 bits per heavy atom. The third kappa shape index (κ3) is 2.32. The predicted octanol–water partition coefficient (Wildman–Crippen LogP) is 2.35. The van der Waals surface area contributed by atoms with Gasteiger partial charge in [0.1, 0.15) is 0 Å². The Morgan fingerprint density at radius 2 is 2.08 bits per heavy atom. The summed E-state index contributed by atoms with van der Waals surface area (Å²) in [5.74, 6) is 0.822. The first-order valence-corrected chi connectivity index (χ1v) is 4.52. The second-order valence-corrected chi connectivity index (χ2v) is 3.46. The normalized spacial score (nSPS) is 24.3. The lowest BCUT2D eigenvalue weighted by Crippen LogP contribution is -2.19. The van der Waals surface area contributed by atoms with Crippen LogP contribution in [0.25, 0.3) is 0 Å². The summed E-state index contributed by atoms with van der Waals surface area (Å²) >= 11 is 0. The molecule has 0 bridgehead atoms. The predicted molar refractivity (Wildman–Crippen MR) is 48.9 cm³/mol. The zero-order chi connectivity index (χ0) is 8.97. The summed E-state index contributed by atoms with van der Waals surface area (Å²) in [7, 11) is 3.38. The van der Waals surface area contributed by atoms with E-state index < -0.39 is 0 Å². The molecule has 2 heteroatoms. The van der Waals surface area contributed by atoms with Crippen LogP contribution in [0.5, 0.6) is 0 Å². The zero-order valence-corrected chi connectivity index (χ0v) is 8.17. The molecular weight excluding hydrogens is 152 g/mol. The fraction of sp³-hybridized carbons (Fsp3) is 0.800. The molecule has 0 saturated carbocycles. The van der Waals surface area contributed by atoms with E-state index in [2.05, 4.69) is 13.0 Å². The van der Waals surface area contributed by atoms with Gasteiger partial charge in [-0.25, -0.2) is 0 Å². The second kappa shape index (κ2) is 4.63. The van der Waals surface area contributed by atoms with Crippen molar-refractivity contribution in [1.29, 1.82) is 0 Å². The number of methoxy groups -OCH3 is 2. The zero-order valence-electron chi connectivity index (χ0n) is 8.17. The van der Waals surface area contributed by atoms with Gasteiger partial charge in [-0.1, -0.05) is 13.0 Å². The van der Waals surface area contributed by atoms with Crippen LogP contribution < -0.4 is 0 Å². The molecule has 1 rings (SSSR count). The molecule has 0 aliphatic heterocycles. The largest absolute Gasteiger partial charge is 0.352 e. The van der Waals surface area contributed by atoms with Gasteiger partial charge in [0, 0.05) is 14.2 Å². The van der Waals surface area contributed by atoms with Crippen molar-refractivity contribution in [3.8, 4) is 0 Å². The lowest BCUT2D eigenvalue weighted by Gasteiger charge is -2.23. The molecule has 70 valence electrons. The average Bonchev–Trinajstić information content (AvgIpc) is 2.10. The highest BCUT2D eigenvalue weighted by Crippen LogP contribution is 2.25. The molecule has 0 N–H and O–H groups in total. The van der Waals surface area contributed by atoms with Gasteiger partial charge in [-0.05, 0) is 30.8 Å². The molecule has 12 heavy (non-hydrogen) atoms. The van der Waals surface area contributed by atoms with Gasteiger partial charge in [0.05, 0.1) is 0 Å². The Labute approximate surface area is 74.6 Å². The van der Waals surface area contributed by atoms with Gasteiger partial charge < -0.3 is 9.47 Å². The minimum atomic E-state index is -0.113. The summed E-state index contributed by atoms with van der Waals surface area (Å²) in [5, 5.41) is 0. The molecule has 1 unspecified atom stereocenters. The third-order valence-corrected chi connectivity index (χ3v) is 2.44. The van der Waals surface area contributed by atoms with Crippen LogP contribution in [0.3, 0.4) is 0 Å². The summed E-state index contributed by atoms with van der Waals surface area (Å²) in [5.41, 5.74) is 1.30. The number of hydrogen-bond donors (Lipinski definition) is 0. The van der Waals surface area contributed by atoms with Crippen LogP contribution in [0.15, 0.2) is 11.6 Å². The Balaban J connectivity index is 2.50. The number of ether oxygens (including phenoxy) is 2. The molecule has 0 spiro atoms. The molecule has 0 fully saturated rings. The smallest absolute Gasteiger partial charge is 0.179 e. The quantitative estimate of drug-likeness (QED) is 0.478. The first-order valence-electron chi connectivity index (χ1n) is 4.52. The first kappa shape index (κ1) is 9.75. The molecule has 0 saturated heterocycles. The highest BCUT2D eigenvalue weighted by molar-refractivity contribution is 5.09. The fourth-order valence-electron chi connectivity index (χ4n) is 1.60. The summed E-state index contributed by atoms with van der Waals surface area (Å²) in [4.78, 5) is 0. The lowest BCUT2D eigenvalue weighted by molar-refractivity contribution is -0.0778. The number of hydrogen-bond acceptors (Lipinski definition) is 2. The lowest BCUT2D eigenvalue weighted by atomic mass is 9.91. The molecule has 0 radical (unpaired) electrons. The van der Waals surface area contributed by atoms with Crippen molar-refractivity contribution in [3.63, 3.8) is 0 Å². The summed E-state index contributed by atoms with van der Waals surface area (Å²) in [6, 6.07) is 0. The maximum absolute atomic E-state index is 5.18. The van der Waals surface area contributed by atoms with E-state index in [1.807, 2.05) is 0 Å². The van der Waals surface area contributed by atoms with E-state index in [9.17, 15) is 0 Å². The van der Waals surface area contributed by atoms with Crippen LogP contribution in [-0.4, -0.2) is 20.5 Å². The summed E-state index contributed by atoms with van der Waals surface area (Å²) in [6.45, 7) is 2.28. The molecule has 2 nitrogen and oxygen atoms in total. The maximum Gasteiger partial charge on any atom is 0.179 e. The Kier molecular flexibility index (Phi) is 3.76. The second-order valence-electron chi connectivity index (χ2n) is 3.46. The topological polar surface area (TPSA) is 18.5 Å². The van der Waals surface area contributed by atoms with Gasteiger partial charge in [0.15, 0.2) is 6.29 Å². The van der Waals surface area contributed by atoms with E-state index >= 15 is 0 Å². The fourth-order valence-corrected chi connectivity index (χ4v) is 1.60. The highest BCUT2D eigenvalue weighted by atomic mass is 16.7. The van der Waals surface area contributed by atoms with E-state index in [0.29, 0.717) is 0 Å². The van der Waals surface area contributed by atoms with Gasteiger partial charge in [0.25, 0.3) is 0 Å². The minimum absolute atomic E-state index is 0.113. The molecule has 1 aliphatic carbocycles. The molecule has 0 aromatic heterocycles. The SMILES string of the molecule is COC(OC)C1=CCC(C)CC1. The third-order valence-electron chi connectivity index (χ3n) is 2.44. The Morgan fingerprint density at radius 3 is 2.50 bits per heavy atom. The van der Waals surface area contributed by atoms with Gasteiger partial charge in [-0.3, -0.25) is 0 Å². The molecule has 1 aliphatic rings. The Hall–Kier alpha value is -0.340. The van der Waals surface area contributed by atoms with Crippen molar-refractivity contribution in [2.24, 2.45) is 5.92 Å². The van der Waals surface area contributed by atoms with E-state index in [4.69, 9.17) is 9.47 Å². The van der Waals surface area contributed by atoms with E-state index in [1.54, 1.807) is 14.2 Å². The van der Waals surface area contributed by atoms with Crippen LogP contribution in [0.1, 0.15) is 26.2 Å². The number of rotatable bonds is 3. The van der Waals surface area contributed by atoms with Crippen molar-refractivity contribution in [1.82, 2.24) is 0 Å². The molecular formula is C10H18O2. The molecule has 0 amide bonds. The first-order chi connectivity index (χ1) is 5.77. The minimum Gasteiger partial charge on any atom is -0.352 e. The van der Waals surface area contributed by atoms with Crippen LogP contribution in [0.4, 0.5) is 0 Å². The highest BCUT2D eigenvalue weighted by Gasteiger charge is 2.17. The van der Waals surface area contributed by atoms with Crippen molar-refractivity contribution in [2.75, 3.05) is 14.2 Å². The van der Waals surface area contributed by atoms with Gasteiger partial charge >= 0.3 is 0 Å². The summed E-state index contributed by atoms with van der Waals surface area (Å²) in [6.07, 6.45) is 5.69. The van der Waals surface area contributed by atoms with Crippen LogP contribution in [0, 0.1) is 5.92 Å². The van der Waals surface area contributed by atoms with Gasteiger partial charge in [0.2, 0.25) is 0 Å². The molecule has 0 aromatic carbocycles. The molecule has 0 heterocycles. The standard InChI is InChI=1S/C10H18O2/c1-8-4-6-9(7-5-8)10(11-2)12-3/h6,8,10H,4-5,7H2,1-3H3. The molecule has 1 atom stereocenters. The van der Waals surface area contributed by atoms with E-state index in [1.165, 1.54) is 18.4 Å². The average molecular weight is 170 g/mol. The van der Waals surface area contributed by atoms with E-state index in [0.717, 1.165) is 12.3 Å². The van der Waals surface area contributed by atoms with Crippen molar-refractivity contribution in [3.05, 3.63) is 11.6 Å². The van der Waals surface area contributed by atoms with Crippen molar-refractivity contribution in [2.45, 2.75) is 32.5 Å². The van der Waals surface area contributed by atoms with Gasteiger partial charge in [-0.2, -0.15) is 0 Å². The Bertz CT molecular complexity index is 159. The van der Waals surface area contributed by atoms with Crippen LogP contribution in [0.2, 0.25) is 0 Å². The maximum atomic E-state index is 5.18. The van der Waals surface area contributed by atoms with E-state index in [-0.39, 0.29) is 6.29 Å². The van der Waals surface area contributed by atoms with Gasteiger partial charge in [-0.15, -0.1) is 0 Å². The van der Waals surface area contributed by atoms with Crippen LogP contribution >= 0.6 is 0 Å². The van der Waals surface area contributed by atoms with Crippen molar-refractivity contribution >= 4 is 0 Å². The summed E-state index contributed by atoms with van der Waals surface area (Å²) < 4.78 is 10.4. The van der Waals surface area contributed by atoms with Crippen LogP contribution in [-0.2, 0) is 9.47 Å². The van der Waals surface area contributed by atoms with Crippen molar-refractivity contribution < 1.29 is 9.47 Å². The monoisotopic (exact) mass is 170 g/mol. The molecule has 0 aromatic rings.